The number of rotatable bonds is 5. The second-order valence-electron chi connectivity index (χ2n) is 2.83. The van der Waals surface area contributed by atoms with Gasteiger partial charge in [0, 0.05) is 5.56 Å². The summed E-state index contributed by atoms with van der Waals surface area (Å²) in [7, 11) is 0. The molecule has 80 valence electrons. The number of carbonyl (C=O) groups is 2. The lowest BCUT2D eigenvalue weighted by Crippen LogP contribution is -2.13. The minimum absolute atomic E-state index is 0.0463. The summed E-state index contributed by atoms with van der Waals surface area (Å²) in [5, 5.41) is 8.36. The molecule has 0 saturated carbocycles. The smallest absolute Gasteiger partial charge is 0.341 e. The Bertz CT molecular complexity index is 358. The lowest BCUT2D eigenvalue weighted by molar-refractivity contribution is -0.139. The number of carboxylic acids is 1. The van der Waals surface area contributed by atoms with Gasteiger partial charge in [0.15, 0.2) is 12.4 Å². The lowest BCUT2D eigenvalue weighted by Gasteiger charge is -2.03. The van der Waals surface area contributed by atoms with Crippen molar-refractivity contribution in [3.8, 4) is 5.75 Å². The number of ether oxygens (including phenoxy) is 1. The van der Waals surface area contributed by atoms with Gasteiger partial charge in [-0.25, -0.2) is 4.79 Å². The number of nitrogens with two attached hydrogens (primary N) is 1. The van der Waals surface area contributed by atoms with Crippen molar-refractivity contribution >= 4 is 11.8 Å². The Hall–Kier alpha value is -1.88. The van der Waals surface area contributed by atoms with Gasteiger partial charge < -0.3 is 15.6 Å². The molecular weight excluding hydrogens is 198 g/mol. The number of hydrogen-bond acceptors (Lipinski definition) is 4. The monoisotopic (exact) mass is 209 g/mol. The van der Waals surface area contributed by atoms with Crippen LogP contribution in [-0.2, 0) is 4.79 Å². The van der Waals surface area contributed by atoms with Crippen molar-refractivity contribution in [1.82, 2.24) is 0 Å². The molecule has 0 radical (unpaired) electrons. The fraction of sp³-hybridized carbons (Fsp3) is 0.200. The average Bonchev–Trinajstić information content (AvgIpc) is 2.26. The SMILES string of the molecule is NCC(=O)c1ccc(OCC(=O)O)cc1. The quantitative estimate of drug-likeness (QED) is 0.680. The molecule has 0 amide bonds. The van der Waals surface area contributed by atoms with E-state index in [4.69, 9.17) is 15.6 Å². The number of benzene rings is 1. The first-order valence-electron chi connectivity index (χ1n) is 4.31. The van der Waals surface area contributed by atoms with Gasteiger partial charge in [0.05, 0.1) is 6.54 Å². The van der Waals surface area contributed by atoms with Gasteiger partial charge in [-0.3, -0.25) is 4.79 Å². The molecule has 0 unspecified atom stereocenters. The fourth-order valence-electron chi connectivity index (χ4n) is 1.000. The summed E-state index contributed by atoms with van der Waals surface area (Å²) in [6.07, 6.45) is 0. The molecule has 0 fully saturated rings. The van der Waals surface area contributed by atoms with Crippen molar-refractivity contribution in [2.24, 2.45) is 5.73 Å². The summed E-state index contributed by atoms with van der Waals surface area (Å²) in [6, 6.07) is 6.16. The highest BCUT2D eigenvalue weighted by atomic mass is 16.5. The molecule has 1 aromatic carbocycles. The van der Waals surface area contributed by atoms with Gasteiger partial charge in [0.1, 0.15) is 5.75 Å². The number of carboxylic acid groups (broad SMARTS) is 1. The molecule has 0 saturated heterocycles. The predicted octanol–water partition coefficient (Wildman–Crippen LogP) is 0.291. The molecule has 0 bridgehead atoms. The second kappa shape index (κ2) is 5.11. The van der Waals surface area contributed by atoms with Gasteiger partial charge in [-0.15, -0.1) is 0 Å². The van der Waals surface area contributed by atoms with E-state index in [1.807, 2.05) is 0 Å². The third-order valence-electron chi connectivity index (χ3n) is 1.72. The number of carbonyl (C=O) groups excluding carboxylic acids is 1. The molecular formula is C10H11NO4. The molecule has 0 aliphatic rings. The van der Waals surface area contributed by atoms with Gasteiger partial charge in [-0.2, -0.15) is 0 Å². The van der Waals surface area contributed by atoms with Crippen LogP contribution in [0.3, 0.4) is 0 Å². The van der Waals surface area contributed by atoms with Crippen LogP contribution in [0.1, 0.15) is 10.4 Å². The fourth-order valence-corrected chi connectivity index (χ4v) is 1.000. The van der Waals surface area contributed by atoms with Crippen LogP contribution in [0, 0.1) is 0 Å². The van der Waals surface area contributed by atoms with Crippen LogP contribution in [0.2, 0.25) is 0 Å². The minimum atomic E-state index is -1.04. The molecule has 1 aromatic rings. The summed E-state index contributed by atoms with van der Waals surface area (Å²) >= 11 is 0. The van der Waals surface area contributed by atoms with Crippen molar-refractivity contribution in [3.63, 3.8) is 0 Å². The van der Waals surface area contributed by atoms with Gasteiger partial charge in [0.25, 0.3) is 0 Å². The highest BCUT2D eigenvalue weighted by Gasteiger charge is 2.03. The summed E-state index contributed by atoms with van der Waals surface area (Å²) in [5.41, 5.74) is 5.67. The molecule has 0 heterocycles. The van der Waals surface area contributed by atoms with Crippen molar-refractivity contribution in [1.29, 1.82) is 0 Å². The molecule has 5 heteroatoms. The van der Waals surface area contributed by atoms with Crippen LogP contribution in [0.5, 0.6) is 5.75 Å². The second-order valence-corrected chi connectivity index (χ2v) is 2.83. The van der Waals surface area contributed by atoms with Gasteiger partial charge in [-0.1, -0.05) is 0 Å². The molecule has 0 aliphatic heterocycles. The summed E-state index contributed by atoms with van der Waals surface area (Å²) < 4.78 is 4.89. The highest BCUT2D eigenvalue weighted by molar-refractivity contribution is 5.97. The normalized spacial score (nSPS) is 9.67. The lowest BCUT2D eigenvalue weighted by atomic mass is 10.1. The Labute approximate surface area is 86.5 Å². The Morgan fingerprint density at radius 3 is 2.33 bits per heavy atom. The predicted molar refractivity (Wildman–Crippen MR) is 53.0 cm³/mol. The first-order chi connectivity index (χ1) is 7.13. The van der Waals surface area contributed by atoms with E-state index in [1.165, 1.54) is 12.1 Å². The molecule has 0 aromatic heterocycles. The average molecular weight is 209 g/mol. The van der Waals surface area contributed by atoms with E-state index in [9.17, 15) is 9.59 Å². The number of aliphatic carboxylic acids is 1. The highest BCUT2D eigenvalue weighted by Crippen LogP contribution is 2.12. The maximum absolute atomic E-state index is 11.1. The Morgan fingerprint density at radius 2 is 1.87 bits per heavy atom. The van der Waals surface area contributed by atoms with Gasteiger partial charge in [0.2, 0.25) is 0 Å². The van der Waals surface area contributed by atoms with Crippen LogP contribution >= 0.6 is 0 Å². The zero-order chi connectivity index (χ0) is 11.3. The Balaban J connectivity index is 2.64. The Kier molecular flexibility index (Phi) is 3.82. The van der Waals surface area contributed by atoms with Gasteiger partial charge in [-0.05, 0) is 24.3 Å². The number of hydrogen-bond donors (Lipinski definition) is 2. The van der Waals surface area contributed by atoms with E-state index in [2.05, 4.69) is 0 Å². The topological polar surface area (TPSA) is 89.6 Å². The number of ketones is 1. The van der Waals surface area contributed by atoms with Crippen LogP contribution in [-0.4, -0.2) is 30.0 Å². The van der Waals surface area contributed by atoms with Crippen LogP contribution in [0.15, 0.2) is 24.3 Å². The summed E-state index contributed by atoms with van der Waals surface area (Å²) in [4.78, 5) is 21.3. The molecule has 15 heavy (non-hydrogen) atoms. The molecule has 5 nitrogen and oxygen atoms in total. The standard InChI is InChI=1S/C10H11NO4/c11-5-9(12)7-1-3-8(4-2-7)15-6-10(13)14/h1-4H,5-6,11H2,(H,13,14). The molecule has 0 aliphatic carbocycles. The van der Waals surface area contributed by atoms with E-state index in [0.717, 1.165) is 0 Å². The van der Waals surface area contributed by atoms with Crippen molar-refractivity contribution in [2.75, 3.05) is 13.2 Å². The van der Waals surface area contributed by atoms with Crippen LogP contribution < -0.4 is 10.5 Å². The van der Waals surface area contributed by atoms with Crippen LogP contribution in [0.4, 0.5) is 0 Å². The van der Waals surface area contributed by atoms with Crippen molar-refractivity contribution < 1.29 is 19.4 Å². The van der Waals surface area contributed by atoms with Crippen molar-refractivity contribution in [2.45, 2.75) is 0 Å². The summed E-state index contributed by atoms with van der Waals surface area (Å²) in [6.45, 7) is -0.445. The molecule has 3 N–H and O–H groups in total. The van der Waals surface area contributed by atoms with Crippen LogP contribution in [0.25, 0.3) is 0 Å². The maximum Gasteiger partial charge on any atom is 0.341 e. The van der Waals surface area contributed by atoms with E-state index in [1.54, 1.807) is 12.1 Å². The van der Waals surface area contributed by atoms with Crippen molar-refractivity contribution in [3.05, 3.63) is 29.8 Å². The Morgan fingerprint density at radius 1 is 1.27 bits per heavy atom. The van der Waals surface area contributed by atoms with Gasteiger partial charge >= 0.3 is 5.97 Å². The third-order valence-corrected chi connectivity index (χ3v) is 1.72. The maximum atomic E-state index is 11.1. The van der Waals surface area contributed by atoms with E-state index >= 15 is 0 Å². The largest absolute Gasteiger partial charge is 0.482 e. The molecule has 0 atom stereocenters. The minimum Gasteiger partial charge on any atom is -0.482 e. The first-order valence-corrected chi connectivity index (χ1v) is 4.31. The number of Topliss-reactive ketones (excluding diaryl/α,β-unsaturated/α-hetero) is 1. The third kappa shape index (κ3) is 3.40. The zero-order valence-corrected chi connectivity index (χ0v) is 7.97. The van der Waals surface area contributed by atoms with E-state index in [-0.39, 0.29) is 12.3 Å². The zero-order valence-electron chi connectivity index (χ0n) is 7.97. The molecule has 1 rings (SSSR count). The summed E-state index contributed by atoms with van der Waals surface area (Å²) in [5.74, 6) is -0.803. The van der Waals surface area contributed by atoms with E-state index < -0.39 is 12.6 Å². The van der Waals surface area contributed by atoms with E-state index in [0.29, 0.717) is 11.3 Å². The first kappa shape index (κ1) is 11.2. The molecule has 0 spiro atoms.